The number of carboxylic acid groups (broad SMARTS) is 1. The summed E-state index contributed by atoms with van der Waals surface area (Å²) in [6.07, 6.45) is 5.32. The van der Waals surface area contributed by atoms with Crippen LogP contribution in [0.2, 0.25) is 0 Å². The molecular weight excluding hydrogens is 583 g/mol. The van der Waals surface area contributed by atoms with Gasteiger partial charge in [0.1, 0.15) is 5.82 Å². The minimum atomic E-state index is -2.94. The number of tetrazole rings is 1. The number of aromatic nitrogens is 4. The van der Waals surface area contributed by atoms with Crippen LogP contribution in [0.4, 0.5) is 10.1 Å². The molecule has 10 nitrogen and oxygen atoms in total. The highest BCUT2D eigenvalue weighted by atomic mass is 32.2. The summed E-state index contributed by atoms with van der Waals surface area (Å²) in [5, 5.41) is 22.1. The molecule has 6 rings (SSSR count). The van der Waals surface area contributed by atoms with Crippen molar-refractivity contribution in [2.75, 3.05) is 49.1 Å². The van der Waals surface area contributed by atoms with Crippen molar-refractivity contribution in [3.8, 4) is 11.4 Å². The molecule has 3 aliphatic rings. The van der Waals surface area contributed by atoms with Crippen molar-refractivity contribution in [2.45, 2.75) is 33.7 Å². The molecule has 232 valence electrons. The van der Waals surface area contributed by atoms with Gasteiger partial charge in [0.2, 0.25) is 5.82 Å². The van der Waals surface area contributed by atoms with Gasteiger partial charge in [-0.25, -0.2) is 17.6 Å². The van der Waals surface area contributed by atoms with Gasteiger partial charge in [-0.1, -0.05) is 50.6 Å². The van der Waals surface area contributed by atoms with E-state index in [1.165, 1.54) is 22.0 Å². The standard InChI is InChI=1S/C32H37FN6O4S/c1-31(2)27(22-4-6-23(7-5-22)30(40)41)8-10-32(3)21-38(11-9-28(31)32)26-19-24(18-25(33)20-26)29-34-36-39(35-29)13-12-37-14-16-44(42,43)17-15-37/h4-9,18-20H,10-17,21H2,1-3H3,(H,40,41)/t32-/m1/s1. The van der Waals surface area contributed by atoms with Gasteiger partial charge in [0.25, 0.3) is 0 Å². The predicted molar refractivity (Wildman–Crippen MR) is 166 cm³/mol. The first kappa shape index (κ1) is 30.1. The summed E-state index contributed by atoms with van der Waals surface area (Å²) < 4.78 is 38.3. The van der Waals surface area contributed by atoms with Gasteiger partial charge in [-0.3, -0.25) is 4.90 Å². The van der Waals surface area contributed by atoms with E-state index in [1.54, 1.807) is 18.2 Å². The Morgan fingerprint density at radius 1 is 1.00 bits per heavy atom. The van der Waals surface area contributed by atoms with Crippen LogP contribution in [0.25, 0.3) is 17.0 Å². The molecule has 3 heterocycles. The molecule has 0 radical (unpaired) electrons. The number of hydrogen-bond acceptors (Lipinski definition) is 8. The molecule has 1 fully saturated rings. The number of aromatic carboxylic acids is 1. The normalized spacial score (nSPS) is 23.0. The van der Waals surface area contributed by atoms with Crippen LogP contribution < -0.4 is 4.90 Å². The number of carbonyl (C=O) groups is 1. The second-order valence-corrected chi connectivity index (χ2v) is 15.1. The van der Waals surface area contributed by atoms with Crippen molar-refractivity contribution in [3.05, 3.63) is 77.1 Å². The van der Waals surface area contributed by atoms with E-state index in [1.807, 2.05) is 18.2 Å². The van der Waals surface area contributed by atoms with E-state index < -0.39 is 15.8 Å². The van der Waals surface area contributed by atoms with Crippen LogP contribution in [0.3, 0.4) is 0 Å². The topological polar surface area (TPSA) is 122 Å². The molecule has 1 atom stereocenters. The largest absolute Gasteiger partial charge is 0.478 e. The third-order valence-electron chi connectivity index (χ3n) is 9.26. The smallest absolute Gasteiger partial charge is 0.335 e. The average molecular weight is 621 g/mol. The average Bonchev–Trinajstić information content (AvgIpc) is 3.45. The molecule has 44 heavy (non-hydrogen) atoms. The van der Waals surface area contributed by atoms with Crippen molar-refractivity contribution in [3.63, 3.8) is 0 Å². The lowest BCUT2D eigenvalue weighted by Crippen LogP contribution is -2.47. The number of allylic oxidation sites excluding steroid dienone is 2. The van der Waals surface area contributed by atoms with Crippen LogP contribution in [0, 0.1) is 16.6 Å². The first-order valence-corrected chi connectivity index (χ1v) is 16.7. The van der Waals surface area contributed by atoms with Crippen LogP contribution in [0.15, 0.2) is 60.2 Å². The number of sulfone groups is 1. The van der Waals surface area contributed by atoms with Gasteiger partial charge in [-0.15, -0.1) is 10.2 Å². The molecule has 1 saturated heterocycles. The van der Waals surface area contributed by atoms with Crippen molar-refractivity contribution in [1.82, 2.24) is 25.1 Å². The molecule has 0 saturated carbocycles. The van der Waals surface area contributed by atoms with Crippen LogP contribution >= 0.6 is 0 Å². The summed E-state index contributed by atoms with van der Waals surface area (Å²) in [6, 6.07) is 11.9. The Labute approximate surface area is 256 Å². The molecule has 0 bridgehead atoms. The Hall–Kier alpha value is -3.90. The van der Waals surface area contributed by atoms with Gasteiger partial charge in [0.05, 0.1) is 23.6 Å². The molecule has 3 aromatic rings. The summed E-state index contributed by atoms with van der Waals surface area (Å²) in [5.74, 6) is -0.644. The van der Waals surface area contributed by atoms with Gasteiger partial charge in [-0.05, 0) is 53.1 Å². The van der Waals surface area contributed by atoms with E-state index in [0.717, 1.165) is 17.7 Å². The first-order chi connectivity index (χ1) is 20.8. The third kappa shape index (κ3) is 5.92. The summed E-state index contributed by atoms with van der Waals surface area (Å²) >= 11 is 0. The van der Waals surface area contributed by atoms with Crippen LogP contribution in [-0.4, -0.2) is 88.8 Å². The maximum atomic E-state index is 15.0. The zero-order chi connectivity index (χ0) is 31.3. The lowest BCUT2D eigenvalue weighted by molar-refractivity contribution is 0.0697. The number of fused-ring (bicyclic) bond motifs is 1. The Balaban J connectivity index is 1.18. The van der Waals surface area contributed by atoms with E-state index in [4.69, 9.17) is 0 Å². The SMILES string of the molecule is CC1(C)C(c2ccc(C(=O)O)cc2)=CC[C@]2(C)CN(c3cc(F)cc(-c4nnn(CCN5CCS(=O)(=O)CC5)n4)c3)CC=C12. The fraction of sp³-hybridized carbons (Fsp3) is 0.438. The van der Waals surface area contributed by atoms with Gasteiger partial charge in [-0.2, -0.15) is 4.80 Å². The number of nitrogens with zero attached hydrogens (tertiary/aromatic N) is 6. The summed E-state index contributed by atoms with van der Waals surface area (Å²) in [5.41, 5.74) is 4.66. The minimum Gasteiger partial charge on any atom is -0.478 e. The molecule has 12 heteroatoms. The minimum absolute atomic E-state index is 0.165. The van der Waals surface area contributed by atoms with E-state index >= 15 is 0 Å². The number of halogens is 1. The highest BCUT2D eigenvalue weighted by molar-refractivity contribution is 7.91. The van der Waals surface area contributed by atoms with Crippen molar-refractivity contribution < 1.29 is 22.7 Å². The third-order valence-corrected chi connectivity index (χ3v) is 10.9. The van der Waals surface area contributed by atoms with E-state index in [-0.39, 0.29) is 33.7 Å². The Morgan fingerprint density at radius 2 is 1.73 bits per heavy atom. The molecule has 2 aromatic carbocycles. The quantitative estimate of drug-likeness (QED) is 0.388. The van der Waals surface area contributed by atoms with E-state index in [0.29, 0.717) is 50.7 Å². The highest BCUT2D eigenvalue weighted by Gasteiger charge is 2.45. The van der Waals surface area contributed by atoms with Crippen LogP contribution in [0.1, 0.15) is 43.1 Å². The molecule has 1 aliphatic carbocycles. The summed E-state index contributed by atoms with van der Waals surface area (Å²) in [6.45, 7) is 10.1. The molecule has 1 aromatic heterocycles. The fourth-order valence-corrected chi connectivity index (χ4v) is 8.22. The van der Waals surface area contributed by atoms with Gasteiger partial charge in [0.15, 0.2) is 9.84 Å². The predicted octanol–water partition coefficient (Wildman–Crippen LogP) is 4.17. The van der Waals surface area contributed by atoms with E-state index in [2.05, 4.69) is 58.1 Å². The van der Waals surface area contributed by atoms with Gasteiger partial charge < -0.3 is 10.0 Å². The molecule has 2 aliphatic heterocycles. The van der Waals surface area contributed by atoms with Crippen molar-refractivity contribution >= 4 is 27.1 Å². The number of hydrogen-bond donors (Lipinski definition) is 1. The van der Waals surface area contributed by atoms with Crippen molar-refractivity contribution in [1.29, 1.82) is 0 Å². The highest BCUT2D eigenvalue weighted by Crippen LogP contribution is 2.55. The fourth-order valence-electron chi connectivity index (χ4n) is 6.94. The monoisotopic (exact) mass is 620 g/mol. The molecule has 0 amide bonds. The zero-order valence-electron chi connectivity index (χ0n) is 25.2. The Kier molecular flexibility index (Phi) is 7.69. The lowest BCUT2D eigenvalue weighted by atomic mass is 9.58. The zero-order valence-corrected chi connectivity index (χ0v) is 26.0. The van der Waals surface area contributed by atoms with Crippen molar-refractivity contribution in [2.24, 2.45) is 10.8 Å². The number of anilines is 1. The van der Waals surface area contributed by atoms with Gasteiger partial charge in [0, 0.05) is 54.8 Å². The first-order valence-electron chi connectivity index (χ1n) is 14.8. The molecule has 0 spiro atoms. The molecule has 0 unspecified atom stereocenters. The maximum absolute atomic E-state index is 15.0. The summed E-state index contributed by atoms with van der Waals surface area (Å²) in [4.78, 5) is 17.1. The van der Waals surface area contributed by atoms with Crippen LogP contribution in [-0.2, 0) is 16.4 Å². The maximum Gasteiger partial charge on any atom is 0.335 e. The second-order valence-electron chi connectivity index (χ2n) is 12.8. The molecular formula is C32H37FN6O4S. The number of benzene rings is 2. The second kappa shape index (κ2) is 11.2. The van der Waals surface area contributed by atoms with Gasteiger partial charge >= 0.3 is 5.97 Å². The van der Waals surface area contributed by atoms with E-state index in [9.17, 15) is 22.7 Å². The number of carboxylic acids is 1. The summed E-state index contributed by atoms with van der Waals surface area (Å²) in [7, 11) is -2.94. The molecule has 1 N–H and O–H groups in total. The lowest BCUT2D eigenvalue weighted by Gasteiger charge is -2.51. The number of rotatable bonds is 7. The Bertz CT molecular complexity index is 1750. The van der Waals surface area contributed by atoms with Crippen LogP contribution in [0.5, 0.6) is 0 Å². The Morgan fingerprint density at radius 3 is 2.43 bits per heavy atom.